The highest BCUT2D eigenvalue weighted by molar-refractivity contribution is 7.97. The third kappa shape index (κ3) is 9.47. The van der Waals surface area contributed by atoms with Crippen molar-refractivity contribution >= 4 is 60.7 Å². The van der Waals surface area contributed by atoms with Gasteiger partial charge in [-0.25, -0.2) is 13.6 Å². The maximum atomic E-state index is 12.8. The zero-order valence-electron chi connectivity index (χ0n) is 15.8. The van der Waals surface area contributed by atoms with E-state index in [1.54, 1.807) is 11.8 Å². The minimum absolute atomic E-state index is 0. The molecule has 0 saturated carbocycles. The first-order valence-corrected chi connectivity index (χ1v) is 9.80. The van der Waals surface area contributed by atoms with Gasteiger partial charge in [0, 0.05) is 8.41 Å². The Kier molecular flexibility index (Phi) is 14.4. The van der Waals surface area contributed by atoms with Crippen LogP contribution in [0.1, 0.15) is 15.9 Å². The summed E-state index contributed by atoms with van der Waals surface area (Å²) in [6.45, 7) is -0.545. The zero-order chi connectivity index (χ0) is 23.6. The van der Waals surface area contributed by atoms with Gasteiger partial charge in [0.2, 0.25) is 0 Å². The largest absolute Gasteiger partial charge is 0.477 e. The van der Waals surface area contributed by atoms with Gasteiger partial charge in [-0.15, -0.1) is 0 Å². The third-order valence-electron chi connectivity index (χ3n) is 2.95. The Morgan fingerprint density at radius 1 is 1.00 bits per heavy atom. The van der Waals surface area contributed by atoms with E-state index in [0.29, 0.717) is 18.2 Å². The van der Waals surface area contributed by atoms with E-state index in [9.17, 15) is 33.8 Å². The van der Waals surface area contributed by atoms with Crippen LogP contribution >= 0.6 is 35.0 Å². The number of carboxylic acids is 1. The van der Waals surface area contributed by atoms with Gasteiger partial charge in [-0.1, -0.05) is 23.2 Å². The number of aliphatic hydroxyl groups is 1. The molecule has 2 aromatic carbocycles. The van der Waals surface area contributed by atoms with Gasteiger partial charge in [-0.05, 0) is 24.6 Å². The average Bonchev–Trinajstić information content (AvgIpc) is 2.66. The second-order valence-corrected chi connectivity index (χ2v) is 6.70. The monoisotopic (exact) mass is 497 g/mol. The van der Waals surface area contributed by atoms with Crippen LogP contribution < -0.4 is 0 Å². The molecule has 3 radical (unpaired) electrons. The van der Waals surface area contributed by atoms with Crippen LogP contribution in [-0.2, 0) is 6.61 Å². The minimum atomic E-state index is -1.53. The van der Waals surface area contributed by atoms with Crippen LogP contribution in [0.25, 0.3) is 0 Å². The summed E-state index contributed by atoms with van der Waals surface area (Å²) in [6.07, 6.45) is 4.08. The van der Waals surface area contributed by atoms with Crippen LogP contribution in [0.2, 0.25) is 10.0 Å². The highest BCUT2D eigenvalue weighted by Crippen LogP contribution is 2.26. The number of nitro groups is 2. The molecule has 0 aliphatic rings. The molecule has 15 heteroatoms. The summed E-state index contributed by atoms with van der Waals surface area (Å²) in [5.74, 6) is -3.42. The molecule has 9 nitrogen and oxygen atoms in total. The van der Waals surface area contributed by atoms with E-state index >= 15 is 0 Å². The lowest BCUT2D eigenvalue weighted by Gasteiger charge is -2.00. The van der Waals surface area contributed by atoms with Gasteiger partial charge in [0.25, 0.3) is 11.4 Å². The Bertz CT molecular complexity index is 916. The number of carbonyl (C=O) groups is 1. The molecule has 0 aliphatic carbocycles. The standard InChI is InChI=1S/C7H3ClFNO4.C7H5ClFNO3.C2H6S.B/c8-4-1-3(7(11)12)6(10(13)14)2-5(4)9;8-5-1-4(3-11)7(10(12)13)2-6(5)9;1-3-2;/h1-2H,(H,11,12);1-2,11H,3H2;1-2H3;. The number of carboxylic acid groups (broad SMARTS) is 1. The lowest BCUT2D eigenvalue weighted by Crippen LogP contribution is -2.03. The molecular formula is C16H14BCl2F2N2O7S. The van der Waals surface area contributed by atoms with Crippen molar-refractivity contribution < 1.29 is 33.6 Å². The van der Waals surface area contributed by atoms with Crippen molar-refractivity contribution in [2.45, 2.75) is 6.61 Å². The molecule has 0 aromatic heterocycles. The number of thioether (sulfide) groups is 1. The van der Waals surface area contributed by atoms with Crippen LogP contribution in [0.15, 0.2) is 24.3 Å². The van der Waals surface area contributed by atoms with Gasteiger partial charge in [0.1, 0.15) is 17.2 Å². The fourth-order valence-corrected chi connectivity index (χ4v) is 2.08. The van der Waals surface area contributed by atoms with E-state index in [2.05, 4.69) is 0 Å². The van der Waals surface area contributed by atoms with E-state index < -0.39 is 56.0 Å². The molecule has 2 aromatic rings. The number of halogens is 4. The van der Waals surface area contributed by atoms with Crippen molar-refractivity contribution in [1.82, 2.24) is 0 Å². The molecule has 31 heavy (non-hydrogen) atoms. The molecular weight excluding hydrogens is 484 g/mol. The maximum absolute atomic E-state index is 12.8. The lowest BCUT2D eigenvalue weighted by molar-refractivity contribution is -0.386. The molecule has 0 spiro atoms. The summed E-state index contributed by atoms with van der Waals surface area (Å²) in [6, 6.07) is 2.91. The topological polar surface area (TPSA) is 144 Å². The number of rotatable bonds is 4. The molecule has 0 amide bonds. The quantitative estimate of drug-likeness (QED) is 0.355. The van der Waals surface area contributed by atoms with Crippen molar-refractivity contribution in [3.63, 3.8) is 0 Å². The summed E-state index contributed by atoms with van der Waals surface area (Å²) in [4.78, 5) is 29.4. The zero-order valence-corrected chi connectivity index (χ0v) is 18.2. The van der Waals surface area contributed by atoms with Gasteiger partial charge in [-0.3, -0.25) is 20.2 Å². The Balaban J connectivity index is 0. The molecule has 0 atom stereocenters. The molecule has 167 valence electrons. The number of nitro benzene ring substituents is 2. The molecule has 2 rings (SSSR count). The van der Waals surface area contributed by atoms with Gasteiger partial charge >= 0.3 is 5.97 Å². The van der Waals surface area contributed by atoms with Crippen molar-refractivity contribution in [3.8, 4) is 0 Å². The first-order chi connectivity index (χ1) is 13.9. The molecule has 0 unspecified atom stereocenters. The SMILES string of the molecule is CSC.O=C(O)c1cc(Cl)c(F)cc1[N+](=O)[O-].O=[N+]([O-])c1cc(F)c(Cl)cc1CO.[B]. The van der Waals surface area contributed by atoms with Crippen LogP contribution in [0.4, 0.5) is 20.2 Å². The van der Waals surface area contributed by atoms with Crippen molar-refractivity contribution in [2.75, 3.05) is 12.5 Å². The smallest absolute Gasteiger partial charge is 0.342 e. The number of nitrogens with zero attached hydrogens (tertiary/aromatic N) is 2. The average molecular weight is 498 g/mol. The van der Waals surface area contributed by atoms with Gasteiger partial charge < -0.3 is 10.2 Å². The fourth-order valence-electron chi connectivity index (χ4n) is 1.73. The normalized spacial score (nSPS) is 9.26. The van der Waals surface area contributed by atoms with E-state index in [4.69, 9.17) is 33.4 Å². The predicted molar refractivity (Wildman–Crippen MR) is 114 cm³/mol. The Hall–Kier alpha value is -2.48. The molecule has 0 heterocycles. The summed E-state index contributed by atoms with van der Waals surface area (Å²) in [5.41, 5.74) is -1.93. The molecule has 0 saturated heterocycles. The minimum Gasteiger partial charge on any atom is -0.477 e. The second kappa shape index (κ2) is 14.5. The summed E-state index contributed by atoms with van der Waals surface area (Å²) < 4.78 is 25.5. The first-order valence-electron chi connectivity index (χ1n) is 7.41. The van der Waals surface area contributed by atoms with Crippen molar-refractivity contribution in [3.05, 3.63) is 77.3 Å². The highest BCUT2D eigenvalue weighted by atomic mass is 35.5. The molecule has 0 fully saturated rings. The Morgan fingerprint density at radius 3 is 1.74 bits per heavy atom. The van der Waals surface area contributed by atoms with E-state index in [1.807, 2.05) is 12.5 Å². The Morgan fingerprint density at radius 2 is 1.39 bits per heavy atom. The summed E-state index contributed by atoms with van der Waals surface area (Å²) >= 11 is 12.4. The number of hydrogen-bond acceptors (Lipinski definition) is 7. The van der Waals surface area contributed by atoms with E-state index in [-0.39, 0.29) is 19.0 Å². The third-order valence-corrected chi connectivity index (χ3v) is 3.53. The predicted octanol–water partition coefficient (Wildman–Crippen LogP) is 4.56. The molecule has 0 bridgehead atoms. The lowest BCUT2D eigenvalue weighted by atomic mass is 10.2. The van der Waals surface area contributed by atoms with E-state index in [1.165, 1.54) is 0 Å². The number of benzene rings is 2. The Labute approximate surface area is 190 Å². The summed E-state index contributed by atoms with van der Waals surface area (Å²) in [7, 11) is 0. The van der Waals surface area contributed by atoms with E-state index in [0.717, 1.165) is 6.07 Å². The highest BCUT2D eigenvalue weighted by Gasteiger charge is 2.22. The second-order valence-electron chi connectivity index (χ2n) is 5.06. The number of aliphatic hydroxyl groups excluding tert-OH is 1. The van der Waals surface area contributed by atoms with Crippen LogP contribution in [0.3, 0.4) is 0 Å². The van der Waals surface area contributed by atoms with Crippen molar-refractivity contribution in [1.29, 1.82) is 0 Å². The first kappa shape index (κ1) is 30.7. The van der Waals surface area contributed by atoms with Gasteiger partial charge in [0.15, 0.2) is 0 Å². The van der Waals surface area contributed by atoms with Gasteiger partial charge in [0.05, 0.1) is 44.2 Å². The van der Waals surface area contributed by atoms with Crippen LogP contribution in [0.5, 0.6) is 0 Å². The number of aromatic carboxylic acids is 1. The van der Waals surface area contributed by atoms with Crippen molar-refractivity contribution in [2.24, 2.45) is 0 Å². The van der Waals surface area contributed by atoms with Crippen LogP contribution in [0, 0.1) is 31.9 Å². The van der Waals surface area contributed by atoms with Crippen LogP contribution in [-0.4, -0.2) is 47.0 Å². The fraction of sp³-hybridized carbons (Fsp3) is 0.188. The maximum Gasteiger partial charge on any atom is 0.342 e. The molecule has 2 N–H and O–H groups in total. The summed E-state index contributed by atoms with van der Waals surface area (Å²) in [5, 5.41) is 37.2. The molecule has 0 aliphatic heterocycles. The number of hydrogen-bond donors (Lipinski definition) is 2. The van der Waals surface area contributed by atoms with Gasteiger partial charge in [-0.2, -0.15) is 11.8 Å².